The fraction of sp³-hybridized carbons (Fsp3) is 0.308. The maximum absolute atomic E-state index is 5.48. The van der Waals surface area contributed by atoms with Gasteiger partial charge in [0.2, 0.25) is 0 Å². The second kappa shape index (κ2) is 5.27. The number of nitrogens with one attached hydrogen (secondary N) is 1. The third-order valence-electron chi connectivity index (χ3n) is 2.77. The number of hydrogen-bond donors (Lipinski definition) is 1. The van der Waals surface area contributed by atoms with Gasteiger partial charge in [-0.2, -0.15) is 0 Å². The topological polar surface area (TPSA) is 43.4 Å². The Balaban J connectivity index is 2.53. The maximum Gasteiger partial charge on any atom is 0.137 e. The molecule has 0 saturated carbocycles. The Morgan fingerprint density at radius 1 is 1.22 bits per heavy atom. The smallest absolute Gasteiger partial charge is 0.137 e. The summed E-state index contributed by atoms with van der Waals surface area (Å²) in [6.07, 6.45) is 0. The molecule has 2 aromatic rings. The average Bonchev–Trinajstić information content (AvgIpc) is 2.87. The molecule has 1 N–H and O–H groups in total. The van der Waals surface area contributed by atoms with Crippen molar-refractivity contribution in [2.45, 2.75) is 6.92 Å². The third kappa shape index (κ3) is 2.13. The molecule has 18 heavy (non-hydrogen) atoms. The van der Waals surface area contributed by atoms with Crippen molar-refractivity contribution in [3.8, 4) is 22.1 Å². The number of methoxy groups -OCH3 is 2. The van der Waals surface area contributed by atoms with Gasteiger partial charge < -0.3 is 14.8 Å². The summed E-state index contributed by atoms with van der Waals surface area (Å²) in [6.45, 7) is 1.98. The first-order valence-electron chi connectivity index (χ1n) is 5.56. The molecule has 0 bridgehead atoms. The van der Waals surface area contributed by atoms with Gasteiger partial charge in [0.15, 0.2) is 0 Å². The summed E-state index contributed by atoms with van der Waals surface area (Å²) < 4.78 is 10.8. The number of aromatic nitrogens is 1. The van der Waals surface area contributed by atoms with Gasteiger partial charge in [-0.25, -0.2) is 4.98 Å². The molecule has 1 aromatic carbocycles. The number of benzene rings is 1. The van der Waals surface area contributed by atoms with Gasteiger partial charge in [-0.05, 0) is 19.1 Å². The Bertz CT molecular complexity index is 552. The normalized spacial score (nSPS) is 10.2. The molecule has 96 valence electrons. The molecule has 0 saturated heterocycles. The van der Waals surface area contributed by atoms with Crippen molar-refractivity contribution in [2.24, 2.45) is 0 Å². The van der Waals surface area contributed by atoms with Gasteiger partial charge in [0.05, 0.1) is 19.8 Å². The van der Waals surface area contributed by atoms with E-state index in [9.17, 15) is 0 Å². The molecule has 1 heterocycles. The lowest BCUT2D eigenvalue weighted by atomic mass is 10.1. The first-order valence-corrected chi connectivity index (χ1v) is 6.44. The van der Waals surface area contributed by atoms with Crippen molar-refractivity contribution in [3.63, 3.8) is 0 Å². The number of thiazole rings is 1. The van der Waals surface area contributed by atoms with E-state index in [0.717, 1.165) is 33.5 Å². The monoisotopic (exact) mass is 264 g/mol. The van der Waals surface area contributed by atoms with Crippen LogP contribution in [-0.2, 0) is 0 Å². The fourth-order valence-corrected chi connectivity index (χ4v) is 2.67. The first-order chi connectivity index (χ1) is 8.71. The minimum absolute atomic E-state index is 0.811. The SMILES string of the molecule is CNc1csc(-c2ccc(OC)c(C)c2OC)n1. The highest BCUT2D eigenvalue weighted by molar-refractivity contribution is 7.13. The molecule has 0 amide bonds. The zero-order chi connectivity index (χ0) is 13.1. The minimum atomic E-state index is 0.811. The lowest BCUT2D eigenvalue weighted by molar-refractivity contribution is 0.390. The molecule has 0 spiro atoms. The lowest BCUT2D eigenvalue weighted by Gasteiger charge is -2.12. The van der Waals surface area contributed by atoms with E-state index < -0.39 is 0 Å². The van der Waals surface area contributed by atoms with Crippen LogP contribution in [-0.4, -0.2) is 26.3 Å². The lowest BCUT2D eigenvalue weighted by Crippen LogP contribution is -1.95. The van der Waals surface area contributed by atoms with Gasteiger partial charge in [-0.15, -0.1) is 11.3 Å². The van der Waals surface area contributed by atoms with Gasteiger partial charge in [0.25, 0.3) is 0 Å². The van der Waals surface area contributed by atoms with Crippen LogP contribution < -0.4 is 14.8 Å². The van der Waals surface area contributed by atoms with Crippen molar-refractivity contribution < 1.29 is 9.47 Å². The van der Waals surface area contributed by atoms with E-state index in [1.165, 1.54) is 0 Å². The first kappa shape index (κ1) is 12.7. The molecule has 0 atom stereocenters. The van der Waals surface area contributed by atoms with Crippen LogP contribution in [0, 0.1) is 6.92 Å². The molecule has 0 radical (unpaired) electrons. The molecule has 0 unspecified atom stereocenters. The predicted molar refractivity (Wildman–Crippen MR) is 74.9 cm³/mol. The Morgan fingerprint density at radius 2 is 2.00 bits per heavy atom. The molecule has 5 heteroatoms. The van der Waals surface area contributed by atoms with Crippen LogP contribution in [0.5, 0.6) is 11.5 Å². The largest absolute Gasteiger partial charge is 0.496 e. The van der Waals surface area contributed by atoms with Crippen LogP contribution in [0.4, 0.5) is 5.82 Å². The van der Waals surface area contributed by atoms with Crippen LogP contribution >= 0.6 is 11.3 Å². The molecular weight excluding hydrogens is 248 g/mol. The Hall–Kier alpha value is -1.75. The van der Waals surface area contributed by atoms with Crippen molar-refractivity contribution in [3.05, 3.63) is 23.1 Å². The van der Waals surface area contributed by atoms with Crippen LogP contribution in [0.2, 0.25) is 0 Å². The summed E-state index contributed by atoms with van der Waals surface area (Å²) in [5.41, 5.74) is 1.97. The zero-order valence-corrected chi connectivity index (χ0v) is 11.7. The van der Waals surface area contributed by atoms with Crippen molar-refractivity contribution >= 4 is 17.2 Å². The summed E-state index contributed by atoms with van der Waals surface area (Å²) >= 11 is 1.58. The van der Waals surface area contributed by atoms with Crippen LogP contribution in [0.1, 0.15) is 5.56 Å². The predicted octanol–water partition coefficient (Wildman–Crippen LogP) is 3.18. The molecule has 0 aliphatic carbocycles. The average molecular weight is 264 g/mol. The minimum Gasteiger partial charge on any atom is -0.496 e. The van der Waals surface area contributed by atoms with E-state index in [2.05, 4.69) is 10.3 Å². The molecule has 0 aliphatic heterocycles. The summed E-state index contributed by atoms with van der Waals surface area (Å²) in [4.78, 5) is 4.49. The molecular formula is C13H16N2O2S. The van der Waals surface area contributed by atoms with E-state index >= 15 is 0 Å². The summed E-state index contributed by atoms with van der Waals surface area (Å²) in [5, 5.41) is 5.94. The highest BCUT2D eigenvalue weighted by Crippen LogP contribution is 2.39. The van der Waals surface area contributed by atoms with E-state index in [-0.39, 0.29) is 0 Å². The van der Waals surface area contributed by atoms with Gasteiger partial charge in [0.1, 0.15) is 22.3 Å². The van der Waals surface area contributed by atoms with Crippen LogP contribution in [0.3, 0.4) is 0 Å². The second-order valence-corrected chi connectivity index (χ2v) is 4.62. The maximum atomic E-state index is 5.48. The molecule has 0 aliphatic rings. The van der Waals surface area contributed by atoms with Crippen molar-refractivity contribution in [1.82, 2.24) is 4.98 Å². The van der Waals surface area contributed by atoms with E-state index in [0.29, 0.717) is 0 Å². The Labute approximate surface area is 111 Å². The van der Waals surface area contributed by atoms with E-state index in [1.807, 2.05) is 31.5 Å². The summed E-state index contributed by atoms with van der Waals surface area (Å²) in [5.74, 6) is 2.50. The van der Waals surface area contributed by atoms with Gasteiger partial charge in [0, 0.05) is 18.0 Å². The number of ether oxygens (including phenoxy) is 2. The standard InChI is InChI=1S/C13H16N2O2S/c1-8-10(16-3)6-5-9(12(8)17-4)13-15-11(14-2)7-18-13/h5-7,14H,1-4H3. The summed E-state index contributed by atoms with van der Waals surface area (Å²) in [6, 6.07) is 3.91. The molecule has 4 nitrogen and oxygen atoms in total. The fourth-order valence-electron chi connectivity index (χ4n) is 1.84. The summed E-state index contributed by atoms with van der Waals surface area (Å²) in [7, 11) is 5.18. The highest BCUT2D eigenvalue weighted by atomic mass is 32.1. The Morgan fingerprint density at radius 3 is 2.56 bits per heavy atom. The second-order valence-electron chi connectivity index (χ2n) is 3.76. The van der Waals surface area contributed by atoms with Gasteiger partial charge in [-0.3, -0.25) is 0 Å². The van der Waals surface area contributed by atoms with E-state index in [1.54, 1.807) is 25.6 Å². The molecule has 1 aromatic heterocycles. The molecule has 0 fully saturated rings. The number of hydrogen-bond acceptors (Lipinski definition) is 5. The Kier molecular flexibility index (Phi) is 3.72. The van der Waals surface area contributed by atoms with E-state index in [4.69, 9.17) is 9.47 Å². The number of nitrogens with zero attached hydrogens (tertiary/aromatic N) is 1. The number of rotatable bonds is 4. The van der Waals surface area contributed by atoms with Crippen LogP contribution in [0.25, 0.3) is 10.6 Å². The van der Waals surface area contributed by atoms with Crippen molar-refractivity contribution in [1.29, 1.82) is 0 Å². The van der Waals surface area contributed by atoms with Crippen molar-refractivity contribution in [2.75, 3.05) is 26.6 Å². The zero-order valence-electron chi connectivity index (χ0n) is 10.9. The third-order valence-corrected chi connectivity index (χ3v) is 3.65. The van der Waals surface area contributed by atoms with Crippen LogP contribution in [0.15, 0.2) is 17.5 Å². The van der Waals surface area contributed by atoms with Gasteiger partial charge >= 0.3 is 0 Å². The molecule has 2 rings (SSSR count). The quantitative estimate of drug-likeness (QED) is 0.921. The number of anilines is 1. The van der Waals surface area contributed by atoms with Gasteiger partial charge in [-0.1, -0.05) is 0 Å². The highest BCUT2D eigenvalue weighted by Gasteiger charge is 2.15.